The summed E-state index contributed by atoms with van der Waals surface area (Å²) in [6.07, 6.45) is 2.54. The highest BCUT2D eigenvalue weighted by Gasteiger charge is 2.24. The predicted octanol–water partition coefficient (Wildman–Crippen LogP) is 2.46. The van der Waals surface area contributed by atoms with E-state index in [0.29, 0.717) is 6.04 Å². The van der Waals surface area contributed by atoms with Crippen molar-refractivity contribution >= 4 is 0 Å². The quantitative estimate of drug-likeness (QED) is 0.712. The number of hydrogen-bond acceptors (Lipinski definition) is 2. The van der Waals surface area contributed by atoms with Crippen LogP contribution < -0.4 is 4.74 Å². The van der Waals surface area contributed by atoms with E-state index in [0.717, 1.165) is 5.75 Å². The third-order valence-corrected chi connectivity index (χ3v) is 3.02. The Morgan fingerprint density at radius 3 is 2.79 bits per heavy atom. The monoisotopic (exact) mass is 191 g/mol. The lowest BCUT2D eigenvalue weighted by Crippen LogP contribution is -2.17. The van der Waals surface area contributed by atoms with Gasteiger partial charge in [-0.1, -0.05) is 18.2 Å². The Bertz CT molecular complexity index is 311. The average molecular weight is 191 g/mol. The number of ether oxygens (including phenoxy) is 1. The van der Waals surface area contributed by atoms with Crippen molar-refractivity contribution in [3.05, 3.63) is 29.8 Å². The highest BCUT2D eigenvalue weighted by molar-refractivity contribution is 5.36. The van der Waals surface area contributed by atoms with Gasteiger partial charge in [-0.2, -0.15) is 0 Å². The van der Waals surface area contributed by atoms with Gasteiger partial charge in [-0.25, -0.2) is 0 Å². The summed E-state index contributed by atoms with van der Waals surface area (Å²) in [4.78, 5) is 2.40. The molecule has 0 unspecified atom stereocenters. The lowest BCUT2D eigenvalue weighted by Gasteiger charge is -2.21. The highest BCUT2D eigenvalue weighted by atomic mass is 16.5. The Kier molecular flexibility index (Phi) is 2.73. The van der Waals surface area contributed by atoms with Gasteiger partial charge in [0.2, 0.25) is 0 Å². The van der Waals surface area contributed by atoms with Crippen LogP contribution in [0.4, 0.5) is 0 Å². The highest BCUT2D eigenvalue weighted by Crippen LogP contribution is 2.35. The van der Waals surface area contributed by atoms with E-state index in [2.05, 4.69) is 24.1 Å². The molecule has 1 atom stereocenters. The van der Waals surface area contributed by atoms with Crippen LogP contribution in [0.25, 0.3) is 0 Å². The molecular weight excluding hydrogens is 174 g/mol. The number of hydrogen-bond donors (Lipinski definition) is 0. The van der Waals surface area contributed by atoms with Crippen LogP contribution in [0.2, 0.25) is 0 Å². The van der Waals surface area contributed by atoms with Crippen molar-refractivity contribution in [1.82, 2.24) is 4.90 Å². The largest absolute Gasteiger partial charge is 0.496 e. The van der Waals surface area contributed by atoms with Crippen LogP contribution in [-0.2, 0) is 0 Å². The normalized spacial score (nSPS) is 22.6. The maximum atomic E-state index is 5.38. The van der Waals surface area contributed by atoms with Crippen LogP contribution in [0.5, 0.6) is 5.75 Å². The third-order valence-electron chi connectivity index (χ3n) is 3.02. The van der Waals surface area contributed by atoms with Crippen LogP contribution in [0.15, 0.2) is 24.3 Å². The topological polar surface area (TPSA) is 12.5 Å². The van der Waals surface area contributed by atoms with Crippen LogP contribution >= 0.6 is 0 Å². The molecule has 0 bridgehead atoms. The van der Waals surface area contributed by atoms with Gasteiger partial charge in [0, 0.05) is 11.6 Å². The molecule has 2 nitrogen and oxygen atoms in total. The standard InChI is InChI=1S/C12H17NO/c1-13-9-5-7-11(13)10-6-3-4-8-12(10)14-2/h3-4,6,8,11H,5,7,9H2,1-2H3/t11-/m0/s1. The molecule has 0 saturated carbocycles. The van der Waals surface area contributed by atoms with Gasteiger partial charge in [0.05, 0.1) is 7.11 Å². The third kappa shape index (κ3) is 1.62. The van der Waals surface area contributed by atoms with E-state index in [1.165, 1.54) is 24.9 Å². The summed E-state index contributed by atoms with van der Waals surface area (Å²) in [6, 6.07) is 8.87. The molecule has 0 spiro atoms. The molecule has 14 heavy (non-hydrogen) atoms. The Balaban J connectivity index is 2.30. The minimum Gasteiger partial charge on any atom is -0.496 e. The number of nitrogens with zero attached hydrogens (tertiary/aromatic N) is 1. The van der Waals surface area contributed by atoms with Crippen molar-refractivity contribution in [2.75, 3.05) is 20.7 Å². The minimum atomic E-state index is 0.547. The molecule has 0 N–H and O–H groups in total. The van der Waals surface area contributed by atoms with Crippen LogP contribution in [-0.4, -0.2) is 25.6 Å². The molecule has 0 amide bonds. The predicted molar refractivity (Wildman–Crippen MR) is 57.6 cm³/mol. The lowest BCUT2D eigenvalue weighted by molar-refractivity contribution is 0.305. The van der Waals surface area contributed by atoms with Crippen LogP contribution in [0, 0.1) is 0 Å². The van der Waals surface area contributed by atoms with E-state index < -0.39 is 0 Å². The zero-order valence-electron chi connectivity index (χ0n) is 8.86. The summed E-state index contributed by atoms with van der Waals surface area (Å²) in [5.41, 5.74) is 1.33. The molecule has 2 heteroatoms. The molecule has 1 aromatic rings. The van der Waals surface area contributed by atoms with Crippen LogP contribution in [0.1, 0.15) is 24.4 Å². The molecule has 1 heterocycles. The van der Waals surface area contributed by atoms with Gasteiger partial charge in [-0.3, -0.25) is 4.90 Å². The fourth-order valence-corrected chi connectivity index (χ4v) is 2.24. The van der Waals surface area contributed by atoms with Crippen molar-refractivity contribution in [1.29, 1.82) is 0 Å². The number of para-hydroxylation sites is 1. The smallest absolute Gasteiger partial charge is 0.123 e. The van der Waals surface area contributed by atoms with Gasteiger partial charge in [0.25, 0.3) is 0 Å². The van der Waals surface area contributed by atoms with Crippen molar-refractivity contribution < 1.29 is 4.74 Å². The van der Waals surface area contributed by atoms with Gasteiger partial charge >= 0.3 is 0 Å². The van der Waals surface area contributed by atoms with E-state index in [-0.39, 0.29) is 0 Å². The average Bonchev–Trinajstić information content (AvgIpc) is 2.64. The number of benzene rings is 1. The van der Waals surface area contributed by atoms with Crippen molar-refractivity contribution in [3.8, 4) is 5.75 Å². The molecule has 2 rings (SSSR count). The number of methoxy groups -OCH3 is 1. The first kappa shape index (κ1) is 9.53. The molecule has 76 valence electrons. The molecule has 1 aromatic carbocycles. The summed E-state index contributed by atoms with van der Waals surface area (Å²) in [5, 5.41) is 0. The second-order valence-electron chi connectivity index (χ2n) is 3.88. The zero-order valence-corrected chi connectivity index (χ0v) is 8.86. The second kappa shape index (κ2) is 4.01. The summed E-state index contributed by atoms with van der Waals surface area (Å²) < 4.78 is 5.38. The molecule has 0 radical (unpaired) electrons. The van der Waals surface area contributed by atoms with E-state index in [1.54, 1.807) is 7.11 Å². The van der Waals surface area contributed by atoms with E-state index in [4.69, 9.17) is 4.74 Å². The molecule has 1 aliphatic heterocycles. The van der Waals surface area contributed by atoms with Crippen molar-refractivity contribution in [3.63, 3.8) is 0 Å². The Hall–Kier alpha value is -1.02. The Morgan fingerprint density at radius 1 is 1.36 bits per heavy atom. The summed E-state index contributed by atoms with van der Waals surface area (Å²) in [7, 11) is 3.93. The molecule has 1 saturated heterocycles. The summed E-state index contributed by atoms with van der Waals surface area (Å²) in [5.74, 6) is 1.02. The molecule has 0 aromatic heterocycles. The van der Waals surface area contributed by atoms with Crippen molar-refractivity contribution in [2.45, 2.75) is 18.9 Å². The first-order valence-electron chi connectivity index (χ1n) is 5.16. The van der Waals surface area contributed by atoms with Gasteiger partial charge in [0.15, 0.2) is 0 Å². The SMILES string of the molecule is COc1ccccc1[C@@H]1CCCN1C. The molecular formula is C12H17NO. The van der Waals surface area contributed by atoms with E-state index in [9.17, 15) is 0 Å². The second-order valence-corrected chi connectivity index (χ2v) is 3.88. The molecule has 0 aliphatic carbocycles. The first-order chi connectivity index (χ1) is 6.83. The number of likely N-dealkylation sites (tertiary alicyclic amines) is 1. The Labute approximate surface area is 85.5 Å². The van der Waals surface area contributed by atoms with Gasteiger partial charge < -0.3 is 4.74 Å². The summed E-state index contributed by atoms with van der Waals surface area (Å²) in [6.45, 7) is 1.20. The Morgan fingerprint density at radius 2 is 2.14 bits per heavy atom. The fourth-order valence-electron chi connectivity index (χ4n) is 2.24. The minimum absolute atomic E-state index is 0.547. The molecule has 1 fully saturated rings. The zero-order chi connectivity index (χ0) is 9.97. The van der Waals surface area contributed by atoms with Crippen molar-refractivity contribution in [2.24, 2.45) is 0 Å². The maximum Gasteiger partial charge on any atom is 0.123 e. The van der Waals surface area contributed by atoms with Gasteiger partial charge in [0.1, 0.15) is 5.75 Å². The van der Waals surface area contributed by atoms with Gasteiger partial charge in [-0.05, 0) is 32.5 Å². The van der Waals surface area contributed by atoms with Crippen LogP contribution in [0.3, 0.4) is 0 Å². The number of rotatable bonds is 2. The van der Waals surface area contributed by atoms with E-state index >= 15 is 0 Å². The lowest BCUT2D eigenvalue weighted by atomic mass is 10.0. The first-order valence-corrected chi connectivity index (χ1v) is 5.16. The fraction of sp³-hybridized carbons (Fsp3) is 0.500. The maximum absolute atomic E-state index is 5.38. The van der Waals surface area contributed by atoms with Gasteiger partial charge in [-0.15, -0.1) is 0 Å². The molecule has 1 aliphatic rings. The summed E-state index contributed by atoms with van der Waals surface area (Å²) >= 11 is 0. The van der Waals surface area contributed by atoms with E-state index in [1.807, 2.05) is 12.1 Å².